The second-order valence-electron chi connectivity index (χ2n) is 7.80. The van der Waals surface area contributed by atoms with Gasteiger partial charge in [0.05, 0.1) is 12.2 Å². The first-order chi connectivity index (χ1) is 11.0. The van der Waals surface area contributed by atoms with Crippen molar-refractivity contribution >= 4 is 29.9 Å². The number of hydrogen-bond donors (Lipinski definition) is 2. The van der Waals surface area contributed by atoms with Gasteiger partial charge in [-0.3, -0.25) is 4.99 Å². The molecule has 3 atom stereocenters. The van der Waals surface area contributed by atoms with Crippen LogP contribution in [0.25, 0.3) is 0 Å². The van der Waals surface area contributed by atoms with Gasteiger partial charge in [-0.2, -0.15) is 0 Å². The molecule has 0 aromatic carbocycles. The lowest BCUT2D eigenvalue weighted by molar-refractivity contribution is -0.0823. The summed E-state index contributed by atoms with van der Waals surface area (Å²) in [5, 5.41) is 6.77. The number of rotatable bonds is 5. The van der Waals surface area contributed by atoms with Crippen LogP contribution in [0.4, 0.5) is 0 Å². The van der Waals surface area contributed by atoms with E-state index in [0.717, 1.165) is 51.6 Å². The lowest BCUT2D eigenvalue weighted by Gasteiger charge is -2.39. The Labute approximate surface area is 164 Å². The van der Waals surface area contributed by atoms with E-state index < -0.39 is 0 Å². The van der Waals surface area contributed by atoms with Crippen molar-refractivity contribution in [2.75, 3.05) is 32.8 Å². The van der Waals surface area contributed by atoms with Crippen LogP contribution < -0.4 is 10.6 Å². The minimum atomic E-state index is 0. The maximum Gasteiger partial charge on any atom is 0.191 e. The van der Waals surface area contributed by atoms with Crippen LogP contribution in [-0.2, 0) is 9.47 Å². The molecule has 0 aliphatic carbocycles. The molecule has 2 fully saturated rings. The van der Waals surface area contributed by atoms with Crippen molar-refractivity contribution in [2.45, 2.75) is 65.6 Å². The van der Waals surface area contributed by atoms with Crippen molar-refractivity contribution < 1.29 is 9.47 Å². The molecule has 0 spiro atoms. The maximum absolute atomic E-state index is 6.06. The molecule has 2 saturated heterocycles. The van der Waals surface area contributed by atoms with E-state index in [1.807, 2.05) is 0 Å². The van der Waals surface area contributed by atoms with Crippen LogP contribution in [0.15, 0.2) is 4.99 Å². The molecule has 2 rings (SSSR count). The number of ether oxygens (including phenoxy) is 2. The molecule has 142 valence electrons. The van der Waals surface area contributed by atoms with E-state index in [0.29, 0.717) is 18.1 Å². The molecule has 0 aromatic rings. The first-order valence-electron chi connectivity index (χ1n) is 9.26. The van der Waals surface area contributed by atoms with E-state index >= 15 is 0 Å². The van der Waals surface area contributed by atoms with Gasteiger partial charge in [-0.05, 0) is 38.0 Å². The van der Waals surface area contributed by atoms with Crippen molar-refractivity contribution in [3.8, 4) is 0 Å². The highest BCUT2D eigenvalue weighted by molar-refractivity contribution is 14.0. The molecule has 2 heterocycles. The zero-order valence-electron chi connectivity index (χ0n) is 15.8. The molecule has 3 unspecified atom stereocenters. The zero-order chi connectivity index (χ0) is 16.7. The van der Waals surface area contributed by atoms with E-state index in [-0.39, 0.29) is 29.4 Å². The van der Waals surface area contributed by atoms with Crippen LogP contribution >= 0.6 is 24.0 Å². The number of nitrogens with zero attached hydrogens (tertiary/aromatic N) is 1. The summed E-state index contributed by atoms with van der Waals surface area (Å²) < 4.78 is 11.7. The fraction of sp³-hybridized carbons (Fsp3) is 0.944. The number of aliphatic imine (C=N–C) groups is 1. The molecule has 2 aliphatic heterocycles. The topological polar surface area (TPSA) is 54.9 Å². The Hall–Kier alpha value is -0.0800. The van der Waals surface area contributed by atoms with E-state index in [2.05, 4.69) is 38.3 Å². The monoisotopic (exact) mass is 453 g/mol. The largest absolute Gasteiger partial charge is 0.377 e. The second-order valence-corrected chi connectivity index (χ2v) is 7.80. The third kappa shape index (κ3) is 7.04. The molecule has 2 aliphatic rings. The standard InChI is InChI=1S/C18H35N3O2.HI/c1-5-19-17(21-13-15-9-7-10-22-15)20-12-14-8-6-11-23-16(14)18(2,3)4;/h14-16H,5-13H2,1-4H3,(H2,19,20,21);1H. The lowest BCUT2D eigenvalue weighted by atomic mass is 9.78. The van der Waals surface area contributed by atoms with Crippen LogP contribution in [0.2, 0.25) is 0 Å². The molecule has 0 aromatic heterocycles. The summed E-state index contributed by atoms with van der Waals surface area (Å²) in [6.45, 7) is 13.2. The summed E-state index contributed by atoms with van der Waals surface area (Å²) in [5.74, 6) is 1.41. The van der Waals surface area contributed by atoms with Crippen molar-refractivity contribution in [3.63, 3.8) is 0 Å². The smallest absolute Gasteiger partial charge is 0.191 e. The quantitative estimate of drug-likeness (QED) is 0.382. The van der Waals surface area contributed by atoms with Gasteiger partial charge in [0.25, 0.3) is 0 Å². The van der Waals surface area contributed by atoms with Crippen LogP contribution in [0.5, 0.6) is 0 Å². The van der Waals surface area contributed by atoms with Gasteiger partial charge in [-0.15, -0.1) is 24.0 Å². The Morgan fingerprint density at radius 2 is 1.79 bits per heavy atom. The summed E-state index contributed by atoms with van der Waals surface area (Å²) in [7, 11) is 0. The number of nitrogens with one attached hydrogen (secondary N) is 2. The molecule has 5 nitrogen and oxygen atoms in total. The van der Waals surface area contributed by atoms with Crippen molar-refractivity contribution in [1.82, 2.24) is 10.6 Å². The number of halogens is 1. The Morgan fingerprint density at radius 1 is 1.08 bits per heavy atom. The third-order valence-electron chi connectivity index (χ3n) is 4.65. The molecule has 0 amide bonds. The van der Waals surface area contributed by atoms with Crippen LogP contribution in [-0.4, -0.2) is 51.0 Å². The highest BCUT2D eigenvalue weighted by Crippen LogP contribution is 2.34. The van der Waals surface area contributed by atoms with E-state index in [4.69, 9.17) is 14.5 Å². The van der Waals surface area contributed by atoms with Crippen LogP contribution in [0.1, 0.15) is 53.4 Å². The average molecular weight is 453 g/mol. The summed E-state index contributed by atoms with van der Waals surface area (Å²) >= 11 is 0. The van der Waals surface area contributed by atoms with Gasteiger partial charge >= 0.3 is 0 Å². The highest BCUT2D eigenvalue weighted by Gasteiger charge is 2.35. The molecule has 24 heavy (non-hydrogen) atoms. The van der Waals surface area contributed by atoms with Crippen LogP contribution in [0.3, 0.4) is 0 Å². The van der Waals surface area contributed by atoms with Crippen LogP contribution in [0, 0.1) is 11.3 Å². The summed E-state index contributed by atoms with van der Waals surface area (Å²) in [4.78, 5) is 4.82. The van der Waals surface area contributed by atoms with E-state index in [1.54, 1.807) is 0 Å². The second kappa shape index (κ2) is 10.8. The molecule has 2 N–H and O–H groups in total. The Kier molecular flexibility index (Phi) is 9.89. The molecule has 0 bridgehead atoms. The zero-order valence-corrected chi connectivity index (χ0v) is 18.1. The van der Waals surface area contributed by atoms with Gasteiger partial charge in [0, 0.05) is 38.8 Å². The number of hydrogen-bond acceptors (Lipinski definition) is 3. The van der Waals surface area contributed by atoms with Crippen molar-refractivity contribution in [3.05, 3.63) is 0 Å². The minimum Gasteiger partial charge on any atom is -0.377 e. The first-order valence-corrected chi connectivity index (χ1v) is 9.26. The SMILES string of the molecule is CCNC(=NCC1CCCOC1C(C)(C)C)NCC1CCCO1.I. The molecule has 6 heteroatoms. The number of guanidine groups is 1. The highest BCUT2D eigenvalue weighted by atomic mass is 127. The summed E-state index contributed by atoms with van der Waals surface area (Å²) in [6, 6.07) is 0. The lowest BCUT2D eigenvalue weighted by Crippen LogP contribution is -2.43. The van der Waals surface area contributed by atoms with E-state index in [9.17, 15) is 0 Å². The Morgan fingerprint density at radius 3 is 2.42 bits per heavy atom. The third-order valence-corrected chi connectivity index (χ3v) is 4.65. The predicted molar refractivity (Wildman–Crippen MR) is 110 cm³/mol. The van der Waals surface area contributed by atoms with Gasteiger partial charge in [0.2, 0.25) is 0 Å². The van der Waals surface area contributed by atoms with Crippen molar-refractivity contribution in [1.29, 1.82) is 0 Å². The van der Waals surface area contributed by atoms with E-state index in [1.165, 1.54) is 12.8 Å². The normalized spacial score (nSPS) is 28.3. The fourth-order valence-electron chi connectivity index (χ4n) is 3.55. The first kappa shape index (κ1) is 22.0. The Balaban J connectivity index is 0.00000288. The maximum atomic E-state index is 6.06. The van der Waals surface area contributed by atoms with Gasteiger partial charge in [0.15, 0.2) is 5.96 Å². The summed E-state index contributed by atoms with van der Waals surface area (Å²) in [6.07, 6.45) is 5.30. The average Bonchev–Trinajstić information content (AvgIpc) is 3.03. The molecular formula is C18H36IN3O2. The molecular weight excluding hydrogens is 417 g/mol. The summed E-state index contributed by atoms with van der Waals surface area (Å²) in [5.41, 5.74) is 0.171. The van der Waals surface area contributed by atoms with Gasteiger partial charge < -0.3 is 20.1 Å². The fourth-order valence-corrected chi connectivity index (χ4v) is 3.55. The van der Waals surface area contributed by atoms with Gasteiger partial charge in [-0.25, -0.2) is 0 Å². The van der Waals surface area contributed by atoms with Gasteiger partial charge in [0.1, 0.15) is 0 Å². The molecule has 0 radical (unpaired) electrons. The van der Waals surface area contributed by atoms with Gasteiger partial charge in [-0.1, -0.05) is 20.8 Å². The van der Waals surface area contributed by atoms with Crippen molar-refractivity contribution in [2.24, 2.45) is 16.3 Å². The predicted octanol–water partition coefficient (Wildman–Crippen LogP) is 3.18. The Bertz CT molecular complexity index is 379. The molecule has 0 saturated carbocycles. The minimum absolute atomic E-state index is 0.